The Morgan fingerprint density at radius 2 is 1.78 bits per heavy atom. The van der Waals surface area contributed by atoms with E-state index in [4.69, 9.17) is 11.6 Å². The fourth-order valence-corrected chi connectivity index (χ4v) is 5.60. The first-order valence-corrected chi connectivity index (χ1v) is 12.6. The van der Waals surface area contributed by atoms with Crippen molar-refractivity contribution in [3.05, 3.63) is 48.5 Å². The molecule has 0 saturated heterocycles. The predicted octanol–water partition coefficient (Wildman–Crippen LogP) is 5.63. The molecule has 5 atom stereocenters. The average molecular weight is 555 g/mol. The lowest BCUT2D eigenvalue weighted by Crippen LogP contribution is -2.60. The maximum absolute atomic E-state index is 14.2. The Bertz CT molecular complexity index is 1140. The highest BCUT2D eigenvalue weighted by Gasteiger charge is 2.58. The van der Waals surface area contributed by atoms with Gasteiger partial charge in [0.25, 0.3) is 23.4 Å². The molecule has 1 aromatic heterocycles. The van der Waals surface area contributed by atoms with E-state index >= 15 is 0 Å². The van der Waals surface area contributed by atoms with Crippen LogP contribution >= 0.6 is 22.8 Å². The van der Waals surface area contributed by atoms with Crippen molar-refractivity contribution >= 4 is 40.3 Å². The van der Waals surface area contributed by atoms with Gasteiger partial charge in [-0.1, -0.05) is 11.6 Å². The summed E-state index contributed by atoms with van der Waals surface area (Å²) in [5.74, 6) is -6.50. The van der Waals surface area contributed by atoms with E-state index in [0.29, 0.717) is 17.0 Å². The second-order valence-corrected chi connectivity index (χ2v) is 10.7. The van der Waals surface area contributed by atoms with E-state index in [1.807, 2.05) is 0 Å². The van der Waals surface area contributed by atoms with Gasteiger partial charge in [-0.25, -0.2) is 23.1 Å². The van der Waals surface area contributed by atoms with Gasteiger partial charge in [0.1, 0.15) is 6.33 Å². The number of hydrogen-bond donors (Lipinski definition) is 1. The molecule has 6 nitrogen and oxygen atoms in total. The zero-order chi connectivity index (χ0) is 26.5. The SMILES string of the molecule is C[C@@](C(=O)N[C@@H]1CC2CC1CC2(F)F)(c1cncnc1)N(C(=O)[C@H](F)Cl)c1ccc(S(F)(F)F)cc1. The van der Waals surface area contributed by atoms with E-state index in [2.05, 4.69) is 15.3 Å². The van der Waals surface area contributed by atoms with Gasteiger partial charge in [-0.2, -0.15) is 0 Å². The van der Waals surface area contributed by atoms with Crippen LogP contribution in [0.5, 0.6) is 0 Å². The van der Waals surface area contributed by atoms with Crippen molar-refractivity contribution < 1.29 is 34.4 Å². The fourth-order valence-electron chi connectivity index (χ4n) is 5.06. The van der Waals surface area contributed by atoms with Gasteiger partial charge >= 0.3 is 0 Å². The second kappa shape index (κ2) is 9.40. The highest BCUT2D eigenvalue weighted by atomic mass is 35.5. The Hall–Kier alpha value is -2.54. The quantitative estimate of drug-likeness (QED) is 0.356. The molecule has 14 heteroatoms. The van der Waals surface area contributed by atoms with Gasteiger partial charge < -0.3 is 5.32 Å². The van der Waals surface area contributed by atoms with Crippen molar-refractivity contribution in [1.29, 1.82) is 0 Å². The summed E-state index contributed by atoms with van der Waals surface area (Å²) in [6.07, 6.45) is 3.37. The molecule has 2 aliphatic carbocycles. The number of halogens is 7. The number of nitrogens with one attached hydrogen (secondary N) is 1. The first kappa shape index (κ1) is 26.5. The van der Waals surface area contributed by atoms with Crippen LogP contribution in [0.2, 0.25) is 0 Å². The number of nitrogens with zero attached hydrogens (tertiary/aromatic N) is 3. The van der Waals surface area contributed by atoms with Gasteiger partial charge in [0, 0.05) is 42.0 Å². The summed E-state index contributed by atoms with van der Waals surface area (Å²) < 4.78 is 81.7. The van der Waals surface area contributed by atoms with Gasteiger partial charge in [-0.3, -0.25) is 14.5 Å². The molecule has 2 amide bonds. The summed E-state index contributed by atoms with van der Waals surface area (Å²) in [6.45, 7) is 1.24. The van der Waals surface area contributed by atoms with Crippen molar-refractivity contribution in [2.75, 3.05) is 4.90 Å². The Morgan fingerprint density at radius 1 is 1.17 bits per heavy atom. The fraction of sp³-hybridized carbons (Fsp3) is 0.455. The number of alkyl halides is 4. The number of carbonyl (C=O) groups is 2. The lowest BCUT2D eigenvalue weighted by molar-refractivity contribution is -0.132. The van der Waals surface area contributed by atoms with Crippen molar-refractivity contribution in [2.45, 2.75) is 54.2 Å². The number of hydrogen-bond acceptors (Lipinski definition) is 4. The third-order valence-corrected chi connectivity index (χ3v) is 7.92. The van der Waals surface area contributed by atoms with E-state index < -0.39 is 69.3 Å². The lowest BCUT2D eigenvalue weighted by Gasteiger charge is -2.41. The molecule has 0 radical (unpaired) electrons. The summed E-state index contributed by atoms with van der Waals surface area (Å²) in [6, 6.07) is 2.66. The summed E-state index contributed by atoms with van der Waals surface area (Å²) in [7, 11) is 0. The third kappa shape index (κ3) is 4.74. The van der Waals surface area contributed by atoms with Gasteiger partial charge in [0.15, 0.2) is 5.54 Å². The van der Waals surface area contributed by atoms with Gasteiger partial charge in [-0.05, 0) is 49.9 Å². The lowest BCUT2D eigenvalue weighted by atomic mass is 9.87. The molecular weight excluding hydrogens is 534 g/mol. The maximum Gasteiger partial charge on any atom is 0.278 e. The van der Waals surface area contributed by atoms with Crippen molar-refractivity contribution in [1.82, 2.24) is 15.3 Å². The van der Waals surface area contributed by atoms with E-state index in [-0.39, 0.29) is 24.1 Å². The molecular formula is C22H21ClF6N4O2S. The van der Waals surface area contributed by atoms with Gasteiger partial charge in [0.05, 0.1) is 4.90 Å². The summed E-state index contributed by atoms with van der Waals surface area (Å²) >= 11 is -0.132. The van der Waals surface area contributed by atoms with Crippen LogP contribution in [0.1, 0.15) is 31.7 Å². The molecule has 4 rings (SSSR count). The zero-order valence-corrected chi connectivity index (χ0v) is 20.3. The molecule has 2 aromatic rings. The minimum atomic E-state index is -5.58. The van der Waals surface area contributed by atoms with Crippen LogP contribution in [0.25, 0.3) is 0 Å². The molecule has 36 heavy (non-hydrogen) atoms. The molecule has 2 unspecified atom stereocenters. The predicted molar refractivity (Wildman–Crippen MR) is 121 cm³/mol. The number of carbonyl (C=O) groups excluding carboxylic acids is 2. The zero-order valence-electron chi connectivity index (χ0n) is 18.7. The van der Waals surface area contributed by atoms with E-state index in [1.165, 1.54) is 19.3 Å². The molecule has 196 valence electrons. The first-order chi connectivity index (χ1) is 16.7. The number of anilines is 1. The first-order valence-electron chi connectivity index (χ1n) is 10.8. The largest absolute Gasteiger partial charge is 0.351 e. The van der Waals surface area contributed by atoms with Crippen LogP contribution in [0.3, 0.4) is 0 Å². The topological polar surface area (TPSA) is 75.2 Å². The van der Waals surface area contributed by atoms with Crippen LogP contribution in [0.15, 0.2) is 47.9 Å². The van der Waals surface area contributed by atoms with Crippen molar-refractivity contribution in [3.63, 3.8) is 0 Å². The van der Waals surface area contributed by atoms with Crippen LogP contribution in [0.4, 0.5) is 30.5 Å². The molecule has 1 heterocycles. The molecule has 0 spiro atoms. The Balaban J connectivity index is 1.76. The number of rotatable bonds is 7. The average Bonchev–Trinajstić information content (AvgIpc) is 3.34. The number of amides is 2. The minimum absolute atomic E-state index is 0.00664. The summed E-state index contributed by atoms with van der Waals surface area (Å²) in [4.78, 5) is 34.1. The molecule has 0 aliphatic heterocycles. The summed E-state index contributed by atoms with van der Waals surface area (Å²) in [5, 5.41) is 2.70. The van der Waals surface area contributed by atoms with Crippen molar-refractivity contribution in [2.24, 2.45) is 11.8 Å². The Morgan fingerprint density at radius 3 is 2.25 bits per heavy atom. The summed E-state index contributed by atoms with van der Waals surface area (Å²) in [5.41, 5.74) is -4.96. The molecule has 2 saturated carbocycles. The van der Waals surface area contributed by atoms with Crippen LogP contribution in [0, 0.1) is 11.8 Å². The van der Waals surface area contributed by atoms with Crippen LogP contribution in [-0.2, 0) is 15.1 Å². The molecule has 2 bridgehead atoms. The Labute approximate surface area is 209 Å². The van der Waals surface area contributed by atoms with Gasteiger partial charge in [0.2, 0.25) is 11.2 Å². The third-order valence-electron chi connectivity index (χ3n) is 6.92. The number of fused-ring (bicyclic) bond motifs is 2. The Kier molecular flexibility index (Phi) is 6.93. The number of benzene rings is 1. The highest BCUT2D eigenvalue weighted by Crippen LogP contribution is 2.60. The second-order valence-electron chi connectivity index (χ2n) is 9.05. The van der Waals surface area contributed by atoms with E-state index in [1.54, 1.807) is 0 Å². The van der Waals surface area contributed by atoms with Gasteiger partial charge in [-0.15, -0.1) is 11.7 Å². The maximum atomic E-state index is 14.2. The highest BCUT2D eigenvalue weighted by molar-refractivity contribution is 8.20. The molecule has 1 N–H and O–H groups in total. The number of aromatic nitrogens is 2. The monoisotopic (exact) mass is 554 g/mol. The molecule has 2 fully saturated rings. The standard InChI is InChI=1S/C22H21ClF6N4O2S/c1-21(14-9-30-11-31-10-14,20(35)32-17-7-13-6-12(17)8-22(13,25)26)33(19(34)18(23)24)15-2-4-16(5-3-15)36(27,28)29/h2-5,9-13,17-18H,6-8H2,1H3,(H,32,35)/t12?,13?,17-,18+,21+/m1/s1. The molecule has 1 aromatic carbocycles. The van der Waals surface area contributed by atoms with E-state index in [0.717, 1.165) is 18.5 Å². The normalized spacial score (nSPS) is 25.6. The van der Waals surface area contributed by atoms with Crippen LogP contribution < -0.4 is 10.2 Å². The van der Waals surface area contributed by atoms with E-state index in [9.17, 15) is 34.4 Å². The van der Waals surface area contributed by atoms with Crippen molar-refractivity contribution in [3.8, 4) is 0 Å². The molecule has 2 aliphatic rings. The smallest absolute Gasteiger partial charge is 0.278 e. The van der Waals surface area contributed by atoms with Crippen LogP contribution in [-0.4, -0.2) is 39.4 Å². The minimum Gasteiger partial charge on any atom is -0.351 e.